The smallest absolute Gasteiger partial charge is 0.153 e. The van der Waals surface area contributed by atoms with E-state index >= 15 is 0 Å². The van der Waals surface area contributed by atoms with E-state index in [9.17, 15) is 0 Å². The second-order valence-corrected chi connectivity index (χ2v) is 7.59. The highest BCUT2D eigenvalue weighted by atomic mass is 32.1. The largest absolute Gasteiger partial charge is 0.455 e. The fourth-order valence-corrected chi connectivity index (χ4v) is 4.13. The van der Waals surface area contributed by atoms with Gasteiger partial charge < -0.3 is 4.74 Å². The van der Waals surface area contributed by atoms with Crippen LogP contribution in [0.15, 0.2) is 66.7 Å². The highest BCUT2D eigenvalue weighted by Crippen LogP contribution is 2.46. The minimum absolute atomic E-state index is 0.874. The summed E-state index contributed by atoms with van der Waals surface area (Å²) in [6.07, 6.45) is 0. The van der Waals surface area contributed by atoms with Gasteiger partial charge in [0.2, 0.25) is 0 Å². The van der Waals surface area contributed by atoms with Gasteiger partial charge in [-0.25, -0.2) is 0 Å². The van der Waals surface area contributed by atoms with E-state index in [0.29, 0.717) is 0 Å². The number of hydrogen-bond donors (Lipinski definition) is 0. The van der Waals surface area contributed by atoms with E-state index in [0.717, 1.165) is 11.5 Å². The quantitative estimate of drug-likeness (QED) is 0.379. The van der Waals surface area contributed by atoms with Crippen LogP contribution in [0.3, 0.4) is 0 Å². The van der Waals surface area contributed by atoms with Crippen LogP contribution in [0.5, 0.6) is 11.5 Å². The van der Waals surface area contributed by atoms with Crippen LogP contribution in [0.25, 0.3) is 20.5 Å². The average Bonchev–Trinajstić information content (AvgIpc) is 2.95. The average molecular weight is 344 g/mol. The van der Waals surface area contributed by atoms with Crippen molar-refractivity contribution in [3.63, 3.8) is 0 Å². The molecule has 25 heavy (non-hydrogen) atoms. The van der Waals surface area contributed by atoms with Crippen LogP contribution in [0.2, 0.25) is 0 Å². The molecular formula is C23H20OS. The van der Waals surface area contributed by atoms with Crippen LogP contribution in [-0.4, -0.2) is 0 Å². The third kappa shape index (κ3) is 3.18. The fraction of sp³-hybridized carbons (Fsp3) is 0.130. The Balaban J connectivity index is 1.88. The SMILES string of the molecule is Cc1ccc(Oc2c(-c3ccc(C)cc3)sc3cc(C)ccc23)cc1. The molecule has 0 bridgehead atoms. The molecular weight excluding hydrogens is 324 g/mol. The lowest BCUT2D eigenvalue weighted by molar-refractivity contribution is 0.491. The Labute approximate surface area is 152 Å². The monoisotopic (exact) mass is 344 g/mol. The second-order valence-electron chi connectivity index (χ2n) is 6.54. The molecule has 0 aliphatic heterocycles. The van der Waals surface area contributed by atoms with Crippen molar-refractivity contribution in [2.24, 2.45) is 0 Å². The molecule has 1 nitrogen and oxygen atoms in total. The summed E-state index contributed by atoms with van der Waals surface area (Å²) in [5, 5.41) is 1.17. The molecule has 0 saturated heterocycles. The van der Waals surface area contributed by atoms with Gasteiger partial charge in [0, 0.05) is 10.1 Å². The van der Waals surface area contributed by atoms with E-state index in [1.165, 1.54) is 37.2 Å². The fourth-order valence-electron chi connectivity index (χ4n) is 2.90. The number of rotatable bonds is 3. The van der Waals surface area contributed by atoms with Crippen LogP contribution in [0, 0.1) is 20.8 Å². The molecule has 124 valence electrons. The number of thiophene rings is 1. The summed E-state index contributed by atoms with van der Waals surface area (Å²) < 4.78 is 7.61. The minimum atomic E-state index is 0.874. The van der Waals surface area contributed by atoms with E-state index in [4.69, 9.17) is 4.74 Å². The van der Waals surface area contributed by atoms with E-state index in [2.05, 4.69) is 75.4 Å². The molecule has 3 aromatic carbocycles. The molecule has 0 fully saturated rings. The summed E-state index contributed by atoms with van der Waals surface area (Å²) in [7, 11) is 0. The third-order valence-electron chi connectivity index (χ3n) is 4.35. The molecule has 0 atom stereocenters. The summed E-state index contributed by atoms with van der Waals surface area (Å²) in [6.45, 7) is 6.33. The number of ether oxygens (including phenoxy) is 1. The van der Waals surface area contributed by atoms with Crippen molar-refractivity contribution < 1.29 is 4.74 Å². The van der Waals surface area contributed by atoms with Gasteiger partial charge in [-0.15, -0.1) is 11.3 Å². The zero-order chi connectivity index (χ0) is 17.4. The first-order chi connectivity index (χ1) is 12.1. The highest BCUT2D eigenvalue weighted by Gasteiger charge is 2.16. The van der Waals surface area contributed by atoms with Crippen LogP contribution >= 0.6 is 11.3 Å². The molecule has 0 radical (unpaired) electrons. The van der Waals surface area contributed by atoms with Crippen LogP contribution in [0.4, 0.5) is 0 Å². The minimum Gasteiger partial charge on any atom is -0.455 e. The van der Waals surface area contributed by atoms with Crippen LogP contribution < -0.4 is 4.74 Å². The van der Waals surface area contributed by atoms with Gasteiger partial charge in [0.25, 0.3) is 0 Å². The van der Waals surface area contributed by atoms with Crippen molar-refractivity contribution in [1.82, 2.24) is 0 Å². The van der Waals surface area contributed by atoms with Gasteiger partial charge >= 0.3 is 0 Å². The van der Waals surface area contributed by atoms with Crippen molar-refractivity contribution in [2.45, 2.75) is 20.8 Å². The van der Waals surface area contributed by atoms with Gasteiger partial charge in [-0.05, 0) is 56.2 Å². The van der Waals surface area contributed by atoms with Gasteiger partial charge in [0.15, 0.2) is 5.75 Å². The molecule has 2 heteroatoms. The van der Waals surface area contributed by atoms with Gasteiger partial charge in [-0.2, -0.15) is 0 Å². The van der Waals surface area contributed by atoms with Gasteiger partial charge in [0.1, 0.15) is 5.75 Å². The van der Waals surface area contributed by atoms with Gasteiger partial charge in [-0.1, -0.05) is 53.6 Å². The Bertz CT molecular complexity index is 1020. The van der Waals surface area contributed by atoms with Crippen molar-refractivity contribution >= 4 is 21.4 Å². The Hall–Kier alpha value is -2.58. The molecule has 4 rings (SSSR count). The zero-order valence-electron chi connectivity index (χ0n) is 14.7. The van der Waals surface area contributed by atoms with E-state index in [1.807, 2.05) is 12.1 Å². The number of benzene rings is 3. The normalized spacial score (nSPS) is 11.0. The summed E-state index contributed by atoms with van der Waals surface area (Å²) in [5.41, 5.74) is 4.97. The van der Waals surface area contributed by atoms with Crippen molar-refractivity contribution in [2.75, 3.05) is 0 Å². The zero-order valence-corrected chi connectivity index (χ0v) is 15.5. The van der Waals surface area contributed by atoms with E-state index in [1.54, 1.807) is 11.3 Å². The van der Waals surface area contributed by atoms with E-state index < -0.39 is 0 Å². The van der Waals surface area contributed by atoms with Gasteiger partial charge in [-0.3, -0.25) is 0 Å². The molecule has 0 unspecified atom stereocenters. The second kappa shape index (κ2) is 6.38. The molecule has 1 aromatic heterocycles. The lowest BCUT2D eigenvalue weighted by Crippen LogP contribution is -1.86. The summed E-state index contributed by atoms with van der Waals surface area (Å²) >= 11 is 1.79. The van der Waals surface area contributed by atoms with E-state index in [-0.39, 0.29) is 0 Å². The first-order valence-corrected chi connectivity index (χ1v) is 9.26. The standard InChI is InChI=1S/C23H20OS/c1-15-4-9-18(10-5-15)23-22(24-19-11-6-16(2)7-12-19)20-13-8-17(3)14-21(20)25-23/h4-14H,1-3H3. The number of hydrogen-bond acceptors (Lipinski definition) is 2. The molecule has 1 heterocycles. The van der Waals surface area contributed by atoms with Crippen LogP contribution in [-0.2, 0) is 0 Å². The first kappa shape index (κ1) is 15.9. The predicted molar refractivity (Wildman–Crippen MR) is 108 cm³/mol. The molecule has 0 saturated carbocycles. The Morgan fingerprint density at radius 1 is 0.680 bits per heavy atom. The molecule has 0 N–H and O–H groups in total. The van der Waals surface area contributed by atoms with Crippen molar-refractivity contribution in [3.05, 3.63) is 83.4 Å². The Kier molecular flexibility index (Phi) is 4.06. The first-order valence-electron chi connectivity index (χ1n) is 8.45. The Morgan fingerprint density at radius 2 is 1.28 bits per heavy atom. The van der Waals surface area contributed by atoms with Crippen LogP contribution in [0.1, 0.15) is 16.7 Å². The third-order valence-corrected chi connectivity index (χ3v) is 5.54. The lowest BCUT2D eigenvalue weighted by atomic mass is 10.1. The topological polar surface area (TPSA) is 9.23 Å². The number of fused-ring (bicyclic) bond motifs is 1. The summed E-state index contributed by atoms with van der Waals surface area (Å²) in [6, 6.07) is 23.4. The highest BCUT2D eigenvalue weighted by molar-refractivity contribution is 7.22. The maximum Gasteiger partial charge on any atom is 0.153 e. The lowest BCUT2D eigenvalue weighted by Gasteiger charge is -2.09. The maximum atomic E-state index is 6.35. The number of aryl methyl sites for hydroxylation is 3. The maximum absolute atomic E-state index is 6.35. The summed E-state index contributed by atoms with van der Waals surface area (Å²) in [4.78, 5) is 1.18. The molecule has 0 amide bonds. The molecule has 0 aliphatic rings. The Morgan fingerprint density at radius 3 is 1.96 bits per heavy atom. The predicted octanol–water partition coefficient (Wildman–Crippen LogP) is 7.29. The van der Waals surface area contributed by atoms with Crippen molar-refractivity contribution in [3.8, 4) is 21.9 Å². The molecule has 4 aromatic rings. The van der Waals surface area contributed by atoms with Gasteiger partial charge in [0.05, 0.1) is 4.88 Å². The van der Waals surface area contributed by atoms with Crippen molar-refractivity contribution in [1.29, 1.82) is 0 Å². The summed E-state index contributed by atoms with van der Waals surface area (Å²) in [5.74, 6) is 1.83. The molecule has 0 spiro atoms. The molecule has 0 aliphatic carbocycles.